The first-order valence-electron chi connectivity index (χ1n) is 9.25. The Morgan fingerprint density at radius 3 is 2.41 bits per heavy atom. The van der Waals surface area contributed by atoms with E-state index in [0.29, 0.717) is 0 Å². The second-order valence-electron chi connectivity index (χ2n) is 6.59. The van der Waals surface area contributed by atoms with Crippen LogP contribution in [0.15, 0.2) is 30.3 Å². The van der Waals surface area contributed by atoms with Crippen molar-refractivity contribution in [1.82, 2.24) is 0 Å². The molecule has 22 heavy (non-hydrogen) atoms. The SMILES string of the molecule is CCCCCC1CC=C(c2ccc(OCCCC)cc2)CC1. The Morgan fingerprint density at radius 1 is 1.00 bits per heavy atom. The van der Waals surface area contributed by atoms with Gasteiger partial charge in [0.1, 0.15) is 5.75 Å². The maximum absolute atomic E-state index is 5.74. The highest BCUT2D eigenvalue weighted by Crippen LogP contribution is 2.33. The van der Waals surface area contributed by atoms with Gasteiger partial charge in [0.25, 0.3) is 0 Å². The Balaban J connectivity index is 1.82. The van der Waals surface area contributed by atoms with Gasteiger partial charge in [0, 0.05) is 0 Å². The zero-order valence-corrected chi connectivity index (χ0v) is 14.4. The van der Waals surface area contributed by atoms with E-state index in [-0.39, 0.29) is 0 Å². The van der Waals surface area contributed by atoms with Crippen molar-refractivity contribution in [3.63, 3.8) is 0 Å². The molecule has 0 saturated carbocycles. The minimum Gasteiger partial charge on any atom is -0.494 e. The number of allylic oxidation sites excluding steroid dienone is 2. The maximum atomic E-state index is 5.74. The summed E-state index contributed by atoms with van der Waals surface area (Å²) in [4.78, 5) is 0. The summed E-state index contributed by atoms with van der Waals surface area (Å²) >= 11 is 0. The quantitative estimate of drug-likeness (QED) is 0.465. The predicted molar refractivity (Wildman–Crippen MR) is 96.3 cm³/mol. The lowest BCUT2D eigenvalue weighted by atomic mass is 9.84. The molecule has 1 aromatic rings. The first kappa shape index (κ1) is 17.1. The van der Waals surface area contributed by atoms with E-state index in [1.807, 2.05) is 0 Å². The lowest BCUT2D eigenvalue weighted by Crippen LogP contribution is -2.05. The van der Waals surface area contributed by atoms with Crippen molar-refractivity contribution < 1.29 is 4.74 Å². The van der Waals surface area contributed by atoms with E-state index < -0.39 is 0 Å². The number of benzene rings is 1. The van der Waals surface area contributed by atoms with E-state index in [2.05, 4.69) is 44.2 Å². The molecule has 1 aliphatic carbocycles. The average Bonchev–Trinajstić information content (AvgIpc) is 2.57. The van der Waals surface area contributed by atoms with E-state index in [9.17, 15) is 0 Å². The highest BCUT2D eigenvalue weighted by molar-refractivity contribution is 5.66. The van der Waals surface area contributed by atoms with Crippen LogP contribution in [0.1, 0.15) is 77.2 Å². The molecule has 0 heterocycles. The topological polar surface area (TPSA) is 9.23 Å². The van der Waals surface area contributed by atoms with Crippen LogP contribution in [0.25, 0.3) is 5.57 Å². The van der Waals surface area contributed by atoms with Crippen molar-refractivity contribution in [2.75, 3.05) is 6.61 Å². The Kier molecular flexibility index (Phi) is 7.56. The molecular weight excluding hydrogens is 268 g/mol. The van der Waals surface area contributed by atoms with E-state index in [4.69, 9.17) is 4.74 Å². The van der Waals surface area contributed by atoms with Gasteiger partial charge in [-0.15, -0.1) is 0 Å². The van der Waals surface area contributed by atoms with Gasteiger partial charge in [-0.3, -0.25) is 0 Å². The third kappa shape index (κ3) is 5.51. The molecule has 1 heteroatoms. The van der Waals surface area contributed by atoms with Crippen LogP contribution in [0.2, 0.25) is 0 Å². The Hall–Kier alpha value is -1.24. The zero-order valence-electron chi connectivity index (χ0n) is 14.4. The molecule has 1 aliphatic rings. The van der Waals surface area contributed by atoms with Crippen molar-refractivity contribution in [2.24, 2.45) is 5.92 Å². The largest absolute Gasteiger partial charge is 0.494 e. The third-order valence-corrected chi connectivity index (χ3v) is 4.73. The van der Waals surface area contributed by atoms with Gasteiger partial charge in [-0.2, -0.15) is 0 Å². The van der Waals surface area contributed by atoms with Crippen LogP contribution in [0.3, 0.4) is 0 Å². The summed E-state index contributed by atoms with van der Waals surface area (Å²) in [6.07, 6.45) is 14.2. The minimum absolute atomic E-state index is 0.831. The highest BCUT2D eigenvalue weighted by Gasteiger charge is 2.15. The van der Waals surface area contributed by atoms with Gasteiger partial charge in [0.2, 0.25) is 0 Å². The van der Waals surface area contributed by atoms with Crippen LogP contribution in [0.5, 0.6) is 5.75 Å². The van der Waals surface area contributed by atoms with Crippen molar-refractivity contribution in [3.05, 3.63) is 35.9 Å². The first-order chi connectivity index (χ1) is 10.8. The van der Waals surface area contributed by atoms with Crippen LogP contribution >= 0.6 is 0 Å². The average molecular weight is 300 g/mol. The van der Waals surface area contributed by atoms with Gasteiger partial charge in [0.15, 0.2) is 0 Å². The molecule has 0 N–H and O–H groups in total. The molecule has 0 radical (unpaired) electrons. The Labute approximate surface area is 136 Å². The van der Waals surface area contributed by atoms with Crippen LogP contribution in [0, 0.1) is 5.92 Å². The molecule has 0 aliphatic heterocycles. The van der Waals surface area contributed by atoms with Gasteiger partial charge >= 0.3 is 0 Å². The van der Waals surface area contributed by atoms with Crippen molar-refractivity contribution in [1.29, 1.82) is 0 Å². The molecule has 1 aromatic carbocycles. The Morgan fingerprint density at radius 2 is 1.77 bits per heavy atom. The van der Waals surface area contributed by atoms with E-state index in [1.54, 1.807) is 0 Å². The molecule has 0 amide bonds. The summed E-state index contributed by atoms with van der Waals surface area (Å²) in [5, 5.41) is 0. The molecule has 0 bridgehead atoms. The van der Waals surface area contributed by atoms with Crippen LogP contribution in [-0.4, -0.2) is 6.61 Å². The summed E-state index contributed by atoms with van der Waals surface area (Å²) < 4.78 is 5.74. The number of unbranched alkanes of at least 4 members (excludes halogenated alkanes) is 3. The maximum Gasteiger partial charge on any atom is 0.119 e. The van der Waals surface area contributed by atoms with Gasteiger partial charge in [-0.25, -0.2) is 0 Å². The number of rotatable bonds is 9. The van der Waals surface area contributed by atoms with Gasteiger partial charge in [-0.05, 0) is 54.9 Å². The fourth-order valence-electron chi connectivity index (χ4n) is 3.20. The Bertz CT molecular complexity index is 443. The zero-order chi connectivity index (χ0) is 15.6. The van der Waals surface area contributed by atoms with Crippen LogP contribution in [-0.2, 0) is 0 Å². The van der Waals surface area contributed by atoms with E-state index in [0.717, 1.165) is 24.7 Å². The molecule has 0 aromatic heterocycles. The highest BCUT2D eigenvalue weighted by atomic mass is 16.5. The van der Waals surface area contributed by atoms with Gasteiger partial charge < -0.3 is 4.74 Å². The third-order valence-electron chi connectivity index (χ3n) is 4.73. The molecule has 0 spiro atoms. The number of ether oxygens (including phenoxy) is 1. The normalized spacial score (nSPS) is 18.1. The fourth-order valence-corrected chi connectivity index (χ4v) is 3.20. The lowest BCUT2D eigenvalue weighted by molar-refractivity contribution is 0.309. The smallest absolute Gasteiger partial charge is 0.119 e. The predicted octanol–water partition coefficient (Wildman–Crippen LogP) is 6.63. The number of hydrogen-bond donors (Lipinski definition) is 0. The summed E-state index contributed by atoms with van der Waals surface area (Å²) in [6.45, 7) is 5.31. The molecule has 1 nitrogen and oxygen atoms in total. The summed E-state index contributed by atoms with van der Waals surface area (Å²) in [6, 6.07) is 8.70. The van der Waals surface area contributed by atoms with Crippen molar-refractivity contribution in [3.8, 4) is 5.75 Å². The van der Waals surface area contributed by atoms with Gasteiger partial charge in [-0.1, -0.05) is 64.2 Å². The second-order valence-corrected chi connectivity index (χ2v) is 6.59. The fraction of sp³-hybridized carbons (Fsp3) is 0.619. The summed E-state index contributed by atoms with van der Waals surface area (Å²) in [7, 11) is 0. The molecule has 1 unspecified atom stereocenters. The minimum atomic E-state index is 0.831. The second kappa shape index (κ2) is 9.71. The van der Waals surface area contributed by atoms with E-state index >= 15 is 0 Å². The molecular formula is C21H32O. The van der Waals surface area contributed by atoms with Crippen molar-refractivity contribution >= 4 is 5.57 Å². The molecule has 2 rings (SSSR count). The number of hydrogen-bond acceptors (Lipinski definition) is 1. The molecule has 122 valence electrons. The van der Waals surface area contributed by atoms with Gasteiger partial charge in [0.05, 0.1) is 6.61 Å². The first-order valence-corrected chi connectivity index (χ1v) is 9.25. The lowest BCUT2D eigenvalue weighted by Gasteiger charge is -2.22. The summed E-state index contributed by atoms with van der Waals surface area (Å²) in [5.41, 5.74) is 2.92. The molecule has 0 saturated heterocycles. The van der Waals surface area contributed by atoms with Crippen LogP contribution < -0.4 is 4.74 Å². The molecule has 0 fully saturated rings. The van der Waals surface area contributed by atoms with Crippen molar-refractivity contribution in [2.45, 2.75) is 71.6 Å². The van der Waals surface area contributed by atoms with E-state index in [1.165, 1.54) is 62.5 Å². The monoisotopic (exact) mass is 300 g/mol. The van der Waals surface area contributed by atoms with Crippen LogP contribution in [0.4, 0.5) is 0 Å². The standard InChI is InChI=1S/C21H32O/c1-3-5-7-8-18-9-11-19(12-10-18)20-13-15-21(16-14-20)22-17-6-4-2/h11,13-16,18H,3-10,12,17H2,1-2H3. The summed E-state index contributed by atoms with van der Waals surface area (Å²) in [5.74, 6) is 1.93. The molecule has 1 atom stereocenters.